The van der Waals surface area contributed by atoms with E-state index in [1.54, 1.807) is 42.2 Å². The molecule has 2 aromatic carbocycles. The minimum atomic E-state index is -0.812. The first-order chi connectivity index (χ1) is 17.6. The van der Waals surface area contributed by atoms with Crippen LogP contribution < -0.4 is 25.2 Å². The summed E-state index contributed by atoms with van der Waals surface area (Å²) in [6.45, 7) is 7.23. The van der Waals surface area contributed by atoms with Crippen LogP contribution in [0.4, 0.5) is 22.7 Å². The standard InChI is InChI=1S/C26H30ClN5O5/c1-4-23(34)37-24-19(30-11-10-29(16(2)3)15-22(30)33)6-5-7-20(24)31-12-13-32(26(36)25(31)35)21-14-17(27)8-9-18(21)28/h5-9,14,16H,4,10-13,15,28H2,1-3H3. The summed E-state index contributed by atoms with van der Waals surface area (Å²) in [5, 5.41) is 0.385. The fraction of sp³-hybridized carbons (Fsp3) is 0.385. The van der Waals surface area contributed by atoms with Gasteiger partial charge in [-0.25, -0.2) is 0 Å². The van der Waals surface area contributed by atoms with E-state index < -0.39 is 17.8 Å². The minimum Gasteiger partial charge on any atom is -0.422 e. The first-order valence-corrected chi connectivity index (χ1v) is 12.6. The highest BCUT2D eigenvalue weighted by Gasteiger charge is 2.38. The van der Waals surface area contributed by atoms with Crippen molar-refractivity contribution >= 4 is 58.0 Å². The van der Waals surface area contributed by atoms with Gasteiger partial charge in [0, 0.05) is 43.7 Å². The summed E-state index contributed by atoms with van der Waals surface area (Å²) in [6, 6.07) is 9.88. The normalized spacial score (nSPS) is 17.1. The van der Waals surface area contributed by atoms with E-state index in [0.717, 1.165) is 0 Å². The van der Waals surface area contributed by atoms with E-state index in [0.29, 0.717) is 35.2 Å². The summed E-state index contributed by atoms with van der Waals surface area (Å²) in [5.74, 6) is -2.19. The van der Waals surface area contributed by atoms with Crippen LogP contribution in [0.25, 0.3) is 0 Å². The summed E-state index contributed by atoms with van der Waals surface area (Å²) in [5.41, 5.74) is 7.34. The zero-order valence-electron chi connectivity index (χ0n) is 21.1. The molecule has 10 nitrogen and oxygen atoms in total. The smallest absolute Gasteiger partial charge is 0.317 e. The van der Waals surface area contributed by atoms with Crippen LogP contribution >= 0.6 is 11.6 Å². The number of para-hydroxylation sites is 1. The molecule has 2 fully saturated rings. The van der Waals surface area contributed by atoms with Crippen molar-refractivity contribution in [3.8, 4) is 5.75 Å². The van der Waals surface area contributed by atoms with Gasteiger partial charge < -0.3 is 20.3 Å². The molecule has 0 saturated carbocycles. The quantitative estimate of drug-likeness (QED) is 0.266. The third-order valence-electron chi connectivity index (χ3n) is 6.54. The zero-order chi connectivity index (χ0) is 26.9. The molecule has 2 aliphatic heterocycles. The van der Waals surface area contributed by atoms with Crippen molar-refractivity contribution in [1.82, 2.24) is 4.90 Å². The molecule has 0 bridgehead atoms. The molecule has 37 heavy (non-hydrogen) atoms. The van der Waals surface area contributed by atoms with Crippen molar-refractivity contribution in [2.75, 3.05) is 53.2 Å². The van der Waals surface area contributed by atoms with Crippen molar-refractivity contribution in [3.63, 3.8) is 0 Å². The van der Waals surface area contributed by atoms with E-state index in [-0.39, 0.29) is 49.4 Å². The van der Waals surface area contributed by atoms with Crippen molar-refractivity contribution < 1.29 is 23.9 Å². The molecule has 4 rings (SSSR count). The lowest BCUT2D eigenvalue weighted by Crippen LogP contribution is -2.55. The average Bonchev–Trinajstić information content (AvgIpc) is 2.87. The monoisotopic (exact) mass is 527 g/mol. The number of nitrogen functional groups attached to an aromatic ring is 1. The highest BCUT2D eigenvalue weighted by Crippen LogP contribution is 2.40. The van der Waals surface area contributed by atoms with Crippen LogP contribution in [0, 0.1) is 0 Å². The fourth-order valence-corrected chi connectivity index (χ4v) is 4.63. The molecule has 2 aromatic rings. The highest BCUT2D eigenvalue weighted by atomic mass is 35.5. The number of hydrogen-bond donors (Lipinski definition) is 1. The Morgan fingerprint density at radius 1 is 0.946 bits per heavy atom. The number of ether oxygens (including phenoxy) is 1. The second-order valence-corrected chi connectivity index (χ2v) is 9.62. The minimum absolute atomic E-state index is 0.0811. The Kier molecular flexibility index (Phi) is 7.70. The van der Waals surface area contributed by atoms with Gasteiger partial charge in [0.25, 0.3) is 0 Å². The maximum atomic E-state index is 13.3. The van der Waals surface area contributed by atoms with E-state index >= 15 is 0 Å². The lowest BCUT2D eigenvalue weighted by molar-refractivity contribution is -0.137. The molecule has 0 aliphatic carbocycles. The van der Waals surface area contributed by atoms with Gasteiger partial charge in [0.15, 0.2) is 5.75 Å². The number of nitrogens with zero attached hydrogens (tertiary/aromatic N) is 4. The third kappa shape index (κ3) is 5.26. The van der Waals surface area contributed by atoms with Gasteiger partial charge in [0.2, 0.25) is 5.91 Å². The molecule has 0 radical (unpaired) electrons. The molecule has 2 heterocycles. The predicted octanol–water partition coefficient (Wildman–Crippen LogP) is 2.67. The molecule has 0 aromatic heterocycles. The largest absolute Gasteiger partial charge is 0.422 e. The molecule has 11 heteroatoms. The van der Waals surface area contributed by atoms with Crippen LogP contribution in [0.5, 0.6) is 5.75 Å². The number of nitrogens with two attached hydrogens (primary N) is 1. The molecule has 0 unspecified atom stereocenters. The molecule has 3 amide bonds. The summed E-state index contributed by atoms with van der Waals surface area (Å²) < 4.78 is 5.68. The topological polar surface area (TPSA) is 116 Å². The number of rotatable bonds is 6. The number of carbonyl (C=O) groups excluding carboxylic acids is 4. The third-order valence-corrected chi connectivity index (χ3v) is 6.78. The Balaban J connectivity index is 1.69. The average molecular weight is 528 g/mol. The SMILES string of the molecule is CCC(=O)Oc1c(N2CCN(C(C)C)CC2=O)cccc1N1CCN(c2cc(Cl)ccc2N)C(=O)C1=O. The first kappa shape index (κ1) is 26.4. The van der Waals surface area contributed by atoms with Crippen molar-refractivity contribution in [2.45, 2.75) is 33.2 Å². The summed E-state index contributed by atoms with van der Waals surface area (Å²) >= 11 is 6.08. The Labute approximate surface area is 220 Å². The molecular formula is C26H30ClN5O5. The van der Waals surface area contributed by atoms with Crippen LogP contribution in [0.1, 0.15) is 27.2 Å². The molecule has 0 atom stereocenters. The molecule has 196 valence electrons. The number of amides is 3. The Morgan fingerprint density at radius 2 is 1.54 bits per heavy atom. The maximum Gasteiger partial charge on any atom is 0.317 e. The van der Waals surface area contributed by atoms with Gasteiger partial charge >= 0.3 is 17.8 Å². The molecule has 2 N–H and O–H groups in total. The number of hydrogen-bond acceptors (Lipinski definition) is 7. The van der Waals surface area contributed by atoms with Gasteiger partial charge in [-0.05, 0) is 44.2 Å². The number of anilines is 4. The Hall–Kier alpha value is -3.63. The number of benzene rings is 2. The lowest BCUT2D eigenvalue weighted by atomic mass is 10.1. The van der Waals surface area contributed by atoms with E-state index in [9.17, 15) is 19.2 Å². The number of halogens is 1. The second-order valence-electron chi connectivity index (χ2n) is 9.18. The van der Waals surface area contributed by atoms with Crippen molar-refractivity contribution in [1.29, 1.82) is 0 Å². The van der Waals surface area contributed by atoms with E-state index in [1.165, 1.54) is 15.9 Å². The number of esters is 1. The lowest BCUT2D eigenvalue weighted by Gasteiger charge is -2.38. The van der Waals surface area contributed by atoms with Crippen molar-refractivity contribution in [2.24, 2.45) is 0 Å². The number of piperazine rings is 2. The van der Waals surface area contributed by atoms with Gasteiger partial charge in [-0.3, -0.25) is 29.0 Å². The fourth-order valence-electron chi connectivity index (χ4n) is 4.46. The second kappa shape index (κ2) is 10.8. The first-order valence-electron chi connectivity index (χ1n) is 12.2. The van der Waals surface area contributed by atoms with E-state index in [1.807, 2.05) is 13.8 Å². The van der Waals surface area contributed by atoms with E-state index in [4.69, 9.17) is 22.1 Å². The Morgan fingerprint density at radius 3 is 2.14 bits per heavy atom. The van der Waals surface area contributed by atoms with Gasteiger partial charge in [-0.1, -0.05) is 24.6 Å². The van der Waals surface area contributed by atoms with E-state index in [2.05, 4.69) is 4.90 Å². The molecule has 0 spiro atoms. The van der Waals surface area contributed by atoms with Gasteiger partial charge in [0.1, 0.15) is 0 Å². The molecular weight excluding hydrogens is 498 g/mol. The zero-order valence-corrected chi connectivity index (χ0v) is 21.8. The van der Waals surface area contributed by atoms with Crippen LogP contribution in [-0.4, -0.2) is 67.4 Å². The summed E-state index contributed by atoms with van der Waals surface area (Å²) in [6.07, 6.45) is 0.0948. The predicted molar refractivity (Wildman–Crippen MR) is 142 cm³/mol. The van der Waals surface area contributed by atoms with Crippen LogP contribution in [0.2, 0.25) is 5.02 Å². The van der Waals surface area contributed by atoms with Crippen molar-refractivity contribution in [3.05, 3.63) is 41.4 Å². The molecule has 2 saturated heterocycles. The number of carbonyl (C=O) groups is 4. The van der Waals surface area contributed by atoms with Crippen LogP contribution in [0.3, 0.4) is 0 Å². The van der Waals surface area contributed by atoms with Crippen LogP contribution in [0.15, 0.2) is 36.4 Å². The highest BCUT2D eigenvalue weighted by molar-refractivity contribution is 6.46. The van der Waals surface area contributed by atoms with Gasteiger partial charge in [-0.2, -0.15) is 0 Å². The van der Waals surface area contributed by atoms with Gasteiger partial charge in [-0.15, -0.1) is 0 Å². The van der Waals surface area contributed by atoms with Gasteiger partial charge in [0.05, 0.1) is 29.3 Å². The Bertz CT molecular complexity index is 1250. The summed E-state index contributed by atoms with van der Waals surface area (Å²) in [7, 11) is 0. The molecule has 2 aliphatic rings. The van der Waals surface area contributed by atoms with Crippen LogP contribution in [-0.2, 0) is 19.2 Å². The summed E-state index contributed by atoms with van der Waals surface area (Å²) in [4.78, 5) is 58.1. The maximum absolute atomic E-state index is 13.3.